The maximum absolute atomic E-state index is 12.8. The molecule has 0 aliphatic rings. The summed E-state index contributed by atoms with van der Waals surface area (Å²) in [5, 5.41) is 0. The zero-order valence-electron chi connectivity index (χ0n) is 49.7. The fourth-order valence-electron chi connectivity index (χ4n) is 8.15. The van der Waals surface area contributed by atoms with E-state index in [2.05, 4.69) is 167 Å². The second kappa shape index (κ2) is 63.8. The van der Waals surface area contributed by atoms with Crippen molar-refractivity contribution >= 4 is 17.9 Å². The van der Waals surface area contributed by atoms with Crippen LogP contribution in [0.15, 0.2) is 146 Å². The standard InChI is InChI=1S/C71H114O6/c1-4-7-10-13-16-19-22-25-26-27-28-29-30-31-32-33-34-35-36-37-38-39-40-41-42-43-44-47-49-52-55-58-61-64-70(73)76-67-68(77-71(74)65-62-59-56-53-50-46-24-21-18-15-12-9-6-3)66-75-69(72)63-60-57-54-51-48-45-23-20-17-14-11-8-5-2/h7,10,12,15-16,19,21,24-26,28-29,31-32,34-35,37-38,40-41,43-44,49,52,68H,4-6,8-9,11,13-14,17-18,20,22-23,27,30,33,36,39,42,45-48,50-51,53-67H2,1-3H3/b10-7-,15-12-,19-16-,24-21-,26-25-,29-28-,32-31-,35-34-,38-37-,41-40-,44-43-,52-49-. The lowest BCUT2D eigenvalue weighted by molar-refractivity contribution is -0.167. The van der Waals surface area contributed by atoms with Crippen LogP contribution >= 0.6 is 0 Å². The predicted octanol–water partition coefficient (Wildman–Crippen LogP) is 21.5. The van der Waals surface area contributed by atoms with Gasteiger partial charge in [0.05, 0.1) is 0 Å². The van der Waals surface area contributed by atoms with Crippen molar-refractivity contribution < 1.29 is 28.6 Å². The molecule has 6 heteroatoms. The van der Waals surface area contributed by atoms with Gasteiger partial charge in [0, 0.05) is 19.3 Å². The van der Waals surface area contributed by atoms with Crippen molar-refractivity contribution in [3.63, 3.8) is 0 Å². The van der Waals surface area contributed by atoms with Crippen LogP contribution < -0.4 is 0 Å². The topological polar surface area (TPSA) is 78.9 Å². The van der Waals surface area contributed by atoms with E-state index in [0.717, 1.165) is 148 Å². The molecule has 434 valence electrons. The van der Waals surface area contributed by atoms with Crippen molar-refractivity contribution in [1.82, 2.24) is 0 Å². The molecule has 0 fully saturated rings. The highest BCUT2D eigenvalue weighted by atomic mass is 16.6. The van der Waals surface area contributed by atoms with Crippen LogP contribution in [-0.4, -0.2) is 37.2 Å². The highest BCUT2D eigenvalue weighted by Crippen LogP contribution is 2.15. The summed E-state index contributed by atoms with van der Waals surface area (Å²) >= 11 is 0. The fraction of sp³-hybridized carbons (Fsp3) is 0.620. The molecule has 0 rings (SSSR count). The van der Waals surface area contributed by atoms with E-state index in [1.54, 1.807) is 0 Å². The third-order valence-corrected chi connectivity index (χ3v) is 12.8. The smallest absolute Gasteiger partial charge is 0.306 e. The molecule has 0 aromatic carbocycles. The van der Waals surface area contributed by atoms with E-state index in [4.69, 9.17) is 14.2 Å². The first-order chi connectivity index (χ1) is 38.0. The molecule has 0 bridgehead atoms. The zero-order chi connectivity index (χ0) is 55.7. The van der Waals surface area contributed by atoms with Gasteiger partial charge in [0.25, 0.3) is 0 Å². The third-order valence-electron chi connectivity index (χ3n) is 12.8. The Kier molecular flexibility index (Phi) is 59.9. The third kappa shape index (κ3) is 62.0. The maximum Gasteiger partial charge on any atom is 0.306 e. The van der Waals surface area contributed by atoms with Gasteiger partial charge in [0.1, 0.15) is 13.2 Å². The molecule has 0 spiro atoms. The molecule has 77 heavy (non-hydrogen) atoms. The summed E-state index contributed by atoms with van der Waals surface area (Å²) < 4.78 is 16.8. The minimum absolute atomic E-state index is 0.0998. The van der Waals surface area contributed by atoms with E-state index in [-0.39, 0.29) is 31.1 Å². The van der Waals surface area contributed by atoms with E-state index in [9.17, 15) is 14.4 Å². The SMILES string of the molecule is CC/C=C\C/C=C\C/C=C\C/C=C\C/C=C\C/C=C\C/C=C\C/C=C\C/C=C\C/C=C\CCCCC(=O)OCC(COC(=O)CCCCCCCCCCCCCCC)OC(=O)CCCCCCC/C=C\C/C=C\CCC. The summed E-state index contributed by atoms with van der Waals surface area (Å²) in [6.07, 6.45) is 91.4. The largest absolute Gasteiger partial charge is 0.462 e. The minimum atomic E-state index is -0.807. The van der Waals surface area contributed by atoms with Gasteiger partial charge < -0.3 is 14.2 Å². The lowest BCUT2D eigenvalue weighted by Gasteiger charge is -2.18. The molecule has 0 aliphatic heterocycles. The predicted molar refractivity (Wildman–Crippen MR) is 334 cm³/mol. The molecule has 1 unspecified atom stereocenters. The lowest BCUT2D eigenvalue weighted by Crippen LogP contribution is -2.30. The summed E-state index contributed by atoms with van der Waals surface area (Å²) in [7, 11) is 0. The van der Waals surface area contributed by atoms with Crippen LogP contribution in [0.4, 0.5) is 0 Å². The number of rotatable bonds is 55. The van der Waals surface area contributed by atoms with Gasteiger partial charge in [0.15, 0.2) is 6.10 Å². The molecule has 0 saturated carbocycles. The van der Waals surface area contributed by atoms with Crippen LogP contribution in [0.5, 0.6) is 0 Å². The highest BCUT2D eigenvalue weighted by Gasteiger charge is 2.19. The number of carbonyl (C=O) groups is 3. The second-order valence-electron chi connectivity index (χ2n) is 20.2. The van der Waals surface area contributed by atoms with E-state index in [0.29, 0.717) is 25.7 Å². The van der Waals surface area contributed by atoms with E-state index in [1.807, 2.05) is 0 Å². The fourth-order valence-corrected chi connectivity index (χ4v) is 8.15. The Morgan fingerprint density at radius 1 is 0.273 bits per heavy atom. The first kappa shape index (κ1) is 72.3. The van der Waals surface area contributed by atoms with Crippen molar-refractivity contribution in [2.45, 2.75) is 271 Å². The summed E-state index contributed by atoms with van der Waals surface area (Å²) in [6, 6.07) is 0. The number of esters is 3. The summed E-state index contributed by atoms with van der Waals surface area (Å²) in [5.74, 6) is -0.962. The monoisotopic (exact) mass is 1060 g/mol. The molecule has 6 nitrogen and oxygen atoms in total. The van der Waals surface area contributed by atoms with Crippen LogP contribution in [0, 0.1) is 0 Å². The number of hydrogen-bond acceptors (Lipinski definition) is 6. The maximum atomic E-state index is 12.8. The molecule has 0 aromatic heterocycles. The van der Waals surface area contributed by atoms with Gasteiger partial charge in [-0.1, -0.05) is 269 Å². The van der Waals surface area contributed by atoms with Crippen molar-refractivity contribution in [3.05, 3.63) is 146 Å². The summed E-state index contributed by atoms with van der Waals surface area (Å²) in [5.41, 5.74) is 0. The molecule has 0 amide bonds. The van der Waals surface area contributed by atoms with Crippen LogP contribution in [0.25, 0.3) is 0 Å². The number of ether oxygens (including phenoxy) is 3. The average molecular weight is 1060 g/mol. The number of allylic oxidation sites excluding steroid dienone is 24. The molecule has 0 saturated heterocycles. The number of carbonyl (C=O) groups excluding carboxylic acids is 3. The Morgan fingerprint density at radius 3 is 0.870 bits per heavy atom. The van der Waals surface area contributed by atoms with Gasteiger partial charge in [-0.15, -0.1) is 0 Å². The molecule has 0 heterocycles. The molecular weight excluding hydrogens is 949 g/mol. The highest BCUT2D eigenvalue weighted by molar-refractivity contribution is 5.71. The Morgan fingerprint density at radius 2 is 0.532 bits per heavy atom. The van der Waals surface area contributed by atoms with Crippen molar-refractivity contribution in [3.8, 4) is 0 Å². The first-order valence-corrected chi connectivity index (χ1v) is 31.3. The average Bonchev–Trinajstić information content (AvgIpc) is 3.43. The molecule has 1 atom stereocenters. The summed E-state index contributed by atoms with van der Waals surface area (Å²) in [6.45, 7) is 6.41. The van der Waals surface area contributed by atoms with Gasteiger partial charge in [-0.25, -0.2) is 0 Å². The zero-order valence-corrected chi connectivity index (χ0v) is 49.7. The van der Waals surface area contributed by atoms with Crippen LogP contribution in [0.3, 0.4) is 0 Å². The molecular formula is C71H114O6. The Balaban J connectivity index is 4.36. The Bertz CT molecular complexity index is 1700. The Labute approximate surface area is 474 Å². The minimum Gasteiger partial charge on any atom is -0.462 e. The first-order valence-electron chi connectivity index (χ1n) is 31.3. The molecule has 0 radical (unpaired) electrons. The molecule has 0 N–H and O–H groups in total. The van der Waals surface area contributed by atoms with Gasteiger partial charge in [-0.3, -0.25) is 14.4 Å². The quantitative estimate of drug-likeness (QED) is 0.0261. The Hall–Kier alpha value is -4.71. The molecule has 0 aliphatic carbocycles. The lowest BCUT2D eigenvalue weighted by atomic mass is 10.0. The number of unbranched alkanes of at least 4 members (excludes halogenated alkanes) is 20. The van der Waals surface area contributed by atoms with Crippen molar-refractivity contribution in [2.75, 3.05) is 13.2 Å². The van der Waals surface area contributed by atoms with Gasteiger partial charge in [-0.05, 0) is 122 Å². The molecule has 0 aromatic rings. The summed E-state index contributed by atoms with van der Waals surface area (Å²) in [4.78, 5) is 38.2. The second-order valence-corrected chi connectivity index (χ2v) is 20.2. The van der Waals surface area contributed by atoms with Gasteiger partial charge in [0.2, 0.25) is 0 Å². The van der Waals surface area contributed by atoms with E-state index in [1.165, 1.54) is 70.6 Å². The van der Waals surface area contributed by atoms with E-state index < -0.39 is 6.10 Å². The van der Waals surface area contributed by atoms with Crippen molar-refractivity contribution in [1.29, 1.82) is 0 Å². The van der Waals surface area contributed by atoms with Crippen LogP contribution in [-0.2, 0) is 28.6 Å². The van der Waals surface area contributed by atoms with Gasteiger partial charge >= 0.3 is 17.9 Å². The number of hydrogen-bond donors (Lipinski definition) is 0. The van der Waals surface area contributed by atoms with Crippen LogP contribution in [0.2, 0.25) is 0 Å². The van der Waals surface area contributed by atoms with Crippen molar-refractivity contribution in [2.24, 2.45) is 0 Å². The van der Waals surface area contributed by atoms with Crippen LogP contribution in [0.1, 0.15) is 265 Å². The normalized spacial score (nSPS) is 13.1. The van der Waals surface area contributed by atoms with Gasteiger partial charge in [-0.2, -0.15) is 0 Å². The van der Waals surface area contributed by atoms with E-state index >= 15 is 0 Å².